The zero-order valence-corrected chi connectivity index (χ0v) is 14.1. The molecule has 7 heteroatoms. The number of aliphatic carboxylic acids is 1. The predicted octanol–water partition coefficient (Wildman–Crippen LogP) is 2.67. The van der Waals surface area contributed by atoms with Crippen LogP contribution in [0.25, 0.3) is 0 Å². The van der Waals surface area contributed by atoms with Crippen LogP contribution < -0.4 is 5.32 Å². The molecule has 0 spiro atoms. The maximum atomic E-state index is 11.7. The minimum Gasteiger partial charge on any atom is -0.480 e. The highest BCUT2D eigenvalue weighted by atomic mass is 35.5. The zero-order chi connectivity index (χ0) is 17.2. The SMILES string of the molecule is CC(C)(C)OC(=O)NC1CN(C(C(=O)O)c2cccc(Cl)c2)C1. The summed E-state index contributed by atoms with van der Waals surface area (Å²) >= 11 is 5.93. The summed E-state index contributed by atoms with van der Waals surface area (Å²) in [6, 6.07) is 5.92. The van der Waals surface area contributed by atoms with Crippen molar-refractivity contribution >= 4 is 23.7 Å². The molecule has 0 saturated carbocycles. The first-order valence-electron chi connectivity index (χ1n) is 7.37. The van der Waals surface area contributed by atoms with Gasteiger partial charge in [-0.1, -0.05) is 23.7 Å². The Labute approximate surface area is 140 Å². The molecule has 126 valence electrons. The minimum absolute atomic E-state index is 0.120. The summed E-state index contributed by atoms with van der Waals surface area (Å²) in [5.74, 6) is -0.942. The molecule has 1 aliphatic rings. The Morgan fingerprint density at radius 3 is 2.57 bits per heavy atom. The van der Waals surface area contributed by atoms with Crippen LogP contribution >= 0.6 is 11.6 Å². The Morgan fingerprint density at radius 1 is 1.39 bits per heavy atom. The molecule has 1 unspecified atom stereocenters. The van der Waals surface area contributed by atoms with Gasteiger partial charge >= 0.3 is 12.1 Å². The second kappa shape index (κ2) is 6.76. The molecule has 23 heavy (non-hydrogen) atoms. The molecule has 1 aliphatic heterocycles. The third-order valence-corrected chi connectivity index (χ3v) is 3.63. The number of hydrogen-bond acceptors (Lipinski definition) is 4. The van der Waals surface area contributed by atoms with Gasteiger partial charge in [0, 0.05) is 18.1 Å². The van der Waals surface area contributed by atoms with Gasteiger partial charge in [0.15, 0.2) is 0 Å². The van der Waals surface area contributed by atoms with Crippen LogP contribution in [0.4, 0.5) is 4.79 Å². The maximum Gasteiger partial charge on any atom is 0.407 e. The molecule has 1 amide bonds. The lowest BCUT2D eigenvalue weighted by atomic mass is 9.99. The number of ether oxygens (including phenoxy) is 1. The van der Waals surface area contributed by atoms with E-state index in [4.69, 9.17) is 16.3 Å². The predicted molar refractivity (Wildman–Crippen MR) is 86.6 cm³/mol. The van der Waals surface area contributed by atoms with Crippen LogP contribution in [-0.4, -0.2) is 46.8 Å². The van der Waals surface area contributed by atoms with Crippen molar-refractivity contribution in [2.24, 2.45) is 0 Å². The number of nitrogens with zero attached hydrogens (tertiary/aromatic N) is 1. The van der Waals surface area contributed by atoms with Crippen LogP contribution in [0.15, 0.2) is 24.3 Å². The number of carboxylic acids is 1. The average molecular weight is 341 g/mol. The minimum atomic E-state index is -0.942. The van der Waals surface area contributed by atoms with Crippen molar-refractivity contribution in [1.29, 1.82) is 0 Å². The van der Waals surface area contributed by atoms with E-state index in [1.54, 1.807) is 49.9 Å². The van der Waals surface area contributed by atoms with Crippen molar-refractivity contribution in [3.63, 3.8) is 0 Å². The third kappa shape index (κ3) is 4.84. The smallest absolute Gasteiger partial charge is 0.407 e. The number of likely N-dealkylation sites (tertiary alicyclic amines) is 1. The summed E-state index contributed by atoms with van der Waals surface area (Å²) in [5.41, 5.74) is 0.0680. The number of rotatable bonds is 4. The lowest BCUT2D eigenvalue weighted by Gasteiger charge is -2.43. The Balaban J connectivity index is 1.93. The lowest BCUT2D eigenvalue weighted by Crippen LogP contribution is -2.61. The Morgan fingerprint density at radius 2 is 2.04 bits per heavy atom. The monoisotopic (exact) mass is 340 g/mol. The molecule has 2 rings (SSSR count). The van der Waals surface area contributed by atoms with Crippen LogP contribution in [0.5, 0.6) is 0 Å². The quantitative estimate of drug-likeness (QED) is 0.881. The van der Waals surface area contributed by atoms with Crippen molar-refractivity contribution in [2.75, 3.05) is 13.1 Å². The Hall–Kier alpha value is -1.79. The topological polar surface area (TPSA) is 78.9 Å². The number of alkyl carbamates (subject to hydrolysis) is 1. The number of amides is 1. The fourth-order valence-electron chi connectivity index (χ4n) is 2.48. The summed E-state index contributed by atoms with van der Waals surface area (Å²) in [7, 11) is 0. The van der Waals surface area contributed by atoms with Crippen molar-refractivity contribution in [3.8, 4) is 0 Å². The fourth-order valence-corrected chi connectivity index (χ4v) is 2.67. The van der Waals surface area contributed by atoms with E-state index in [9.17, 15) is 14.7 Å². The molecule has 2 N–H and O–H groups in total. The first-order valence-corrected chi connectivity index (χ1v) is 7.75. The molecule has 1 atom stereocenters. The van der Waals surface area contributed by atoms with Crippen LogP contribution in [0.3, 0.4) is 0 Å². The first-order chi connectivity index (χ1) is 10.7. The molecule has 0 aliphatic carbocycles. The number of carbonyl (C=O) groups is 2. The molecule has 1 aromatic rings. The van der Waals surface area contributed by atoms with Gasteiger partial charge < -0.3 is 15.2 Å². The van der Waals surface area contributed by atoms with E-state index in [-0.39, 0.29) is 6.04 Å². The normalized spacial score (nSPS) is 17.2. The first kappa shape index (κ1) is 17.6. The Bertz CT molecular complexity index is 594. The van der Waals surface area contributed by atoms with E-state index < -0.39 is 23.7 Å². The van der Waals surface area contributed by atoms with Crippen LogP contribution in [0.2, 0.25) is 5.02 Å². The molecule has 1 aromatic carbocycles. The number of carbonyl (C=O) groups excluding carboxylic acids is 1. The van der Waals surface area contributed by atoms with Crippen LogP contribution in [-0.2, 0) is 9.53 Å². The van der Waals surface area contributed by atoms with Crippen LogP contribution in [0, 0.1) is 0 Å². The number of carboxylic acid groups (broad SMARTS) is 1. The van der Waals surface area contributed by atoms with Crippen molar-refractivity contribution < 1.29 is 19.4 Å². The summed E-state index contributed by atoms with van der Waals surface area (Å²) in [6.07, 6.45) is -0.489. The largest absolute Gasteiger partial charge is 0.480 e. The molecule has 0 bridgehead atoms. The molecule has 1 fully saturated rings. The summed E-state index contributed by atoms with van der Waals surface area (Å²) in [5, 5.41) is 12.7. The summed E-state index contributed by atoms with van der Waals surface area (Å²) < 4.78 is 5.19. The van der Waals surface area contributed by atoms with E-state index >= 15 is 0 Å². The number of hydrogen-bond donors (Lipinski definition) is 2. The summed E-state index contributed by atoms with van der Waals surface area (Å²) in [4.78, 5) is 25.0. The van der Waals surface area contributed by atoms with Gasteiger partial charge in [0.2, 0.25) is 0 Å². The molecule has 1 heterocycles. The highest BCUT2D eigenvalue weighted by Gasteiger charge is 2.38. The maximum absolute atomic E-state index is 11.7. The number of benzene rings is 1. The van der Waals surface area contributed by atoms with E-state index in [2.05, 4.69) is 5.32 Å². The van der Waals surface area contributed by atoms with E-state index in [0.717, 1.165) is 0 Å². The van der Waals surface area contributed by atoms with Gasteiger partial charge in [-0.2, -0.15) is 0 Å². The molecule has 1 saturated heterocycles. The Kier molecular flexibility index (Phi) is 5.16. The van der Waals surface area contributed by atoms with Crippen molar-refractivity contribution in [1.82, 2.24) is 10.2 Å². The highest BCUT2D eigenvalue weighted by Crippen LogP contribution is 2.28. The van der Waals surface area contributed by atoms with Crippen molar-refractivity contribution in [3.05, 3.63) is 34.9 Å². The van der Waals surface area contributed by atoms with E-state index in [1.165, 1.54) is 0 Å². The molecule has 0 aromatic heterocycles. The third-order valence-electron chi connectivity index (χ3n) is 3.39. The standard InChI is InChI=1S/C16H21ClN2O4/c1-16(2,3)23-15(22)18-12-8-19(9-12)13(14(20)21)10-5-4-6-11(17)7-10/h4-7,12-13H,8-9H2,1-3H3,(H,18,22)(H,20,21). The zero-order valence-electron chi connectivity index (χ0n) is 13.4. The molecular weight excluding hydrogens is 320 g/mol. The summed E-state index contributed by atoms with van der Waals surface area (Å²) in [6.45, 7) is 6.27. The molecule has 6 nitrogen and oxygen atoms in total. The van der Waals surface area contributed by atoms with Gasteiger partial charge in [0.05, 0.1) is 6.04 Å². The number of halogens is 1. The van der Waals surface area contributed by atoms with Crippen molar-refractivity contribution in [2.45, 2.75) is 38.5 Å². The number of nitrogens with one attached hydrogen (secondary N) is 1. The molecule has 0 radical (unpaired) electrons. The fraction of sp³-hybridized carbons (Fsp3) is 0.500. The van der Waals surface area contributed by atoms with Gasteiger partial charge in [-0.3, -0.25) is 9.69 Å². The highest BCUT2D eigenvalue weighted by molar-refractivity contribution is 6.30. The van der Waals surface area contributed by atoms with E-state index in [0.29, 0.717) is 23.7 Å². The molecular formula is C16H21ClN2O4. The van der Waals surface area contributed by atoms with Gasteiger partial charge in [0.25, 0.3) is 0 Å². The second-order valence-corrected chi connectivity index (χ2v) is 7.03. The van der Waals surface area contributed by atoms with Crippen LogP contribution in [0.1, 0.15) is 32.4 Å². The van der Waals surface area contributed by atoms with Gasteiger partial charge in [0.1, 0.15) is 11.6 Å². The second-order valence-electron chi connectivity index (χ2n) is 6.59. The van der Waals surface area contributed by atoms with Gasteiger partial charge in [-0.05, 0) is 38.5 Å². The lowest BCUT2D eigenvalue weighted by molar-refractivity contribution is -0.145. The van der Waals surface area contributed by atoms with E-state index in [1.807, 2.05) is 0 Å². The van der Waals surface area contributed by atoms with Gasteiger partial charge in [-0.25, -0.2) is 4.79 Å². The average Bonchev–Trinajstić information content (AvgIpc) is 2.33. The van der Waals surface area contributed by atoms with Gasteiger partial charge in [-0.15, -0.1) is 0 Å².